The van der Waals surface area contributed by atoms with Crippen LogP contribution in [0.5, 0.6) is 0 Å². The Kier molecular flexibility index (Phi) is 14.2. The molecule has 0 unspecified atom stereocenters. The average Bonchev–Trinajstić information content (AvgIpc) is 2.97. The van der Waals surface area contributed by atoms with Crippen LogP contribution in [0.4, 0.5) is 0 Å². The van der Waals surface area contributed by atoms with Gasteiger partial charge in [0.05, 0.1) is 0 Å². The van der Waals surface area contributed by atoms with Crippen molar-refractivity contribution in [2.45, 2.75) is 107 Å². The van der Waals surface area contributed by atoms with Crippen molar-refractivity contribution in [1.82, 2.24) is 0 Å². The lowest BCUT2D eigenvalue weighted by atomic mass is 9.74. The van der Waals surface area contributed by atoms with Crippen LogP contribution < -0.4 is 0 Å². The normalized spacial score (nSPS) is 11.8. The summed E-state index contributed by atoms with van der Waals surface area (Å²) in [6.45, 7) is 28.2. The monoisotopic (exact) mass is 536 g/mol. The number of hydrogen-bond acceptors (Lipinski definition) is 0. The van der Waals surface area contributed by atoms with Crippen LogP contribution in [-0.2, 0) is 10.8 Å². The number of hydrogen-bond donors (Lipinski definition) is 0. The molecule has 4 rings (SSSR count). The SMILES string of the molecule is C/C(=C/C=C/CC(C)(C)c1c(C)ccc2ccccc12)C(C)(C)c1c(C)ccc2ccccc12.CC.CC.CC. The predicted molar refractivity (Wildman–Crippen MR) is 185 cm³/mol. The predicted octanol–water partition coefficient (Wildman–Crippen LogP) is 12.8. The van der Waals surface area contributed by atoms with E-state index in [2.05, 4.69) is 139 Å². The highest BCUT2D eigenvalue weighted by Crippen LogP contribution is 2.39. The quantitative estimate of drug-likeness (QED) is 0.215. The minimum Gasteiger partial charge on any atom is -0.0837 e. The Balaban J connectivity index is 0.00000125. The van der Waals surface area contributed by atoms with E-state index in [-0.39, 0.29) is 10.8 Å². The average molecular weight is 537 g/mol. The van der Waals surface area contributed by atoms with Crippen LogP contribution >= 0.6 is 0 Å². The fourth-order valence-electron chi connectivity index (χ4n) is 5.57. The summed E-state index contributed by atoms with van der Waals surface area (Å²) in [5, 5.41) is 5.37. The molecule has 0 spiro atoms. The van der Waals surface area contributed by atoms with Crippen molar-refractivity contribution in [2.75, 3.05) is 0 Å². The summed E-state index contributed by atoms with van der Waals surface area (Å²) in [6.07, 6.45) is 7.92. The molecule has 0 aliphatic rings. The van der Waals surface area contributed by atoms with Crippen molar-refractivity contribution in [3.05, 3.63) is 119 Å². The molecule has 0 N–H and O–H groups in total. The van der Waals surface area contributed by atoms with Crippen LogP contribution in [0.1, 0.15) is 105 Å². The van der Waals surface area contributed by atoms with E-state index >= 15 is 0 Å². The van der Waals surface area contributed by atoms with Gasteiger partial charge in [-0.25, -0.2) is 0 Å². The van der Waals surface area contributed by atoms with E-state index in [0.717, 1.165) is 6.42 Å². The Labute approximate surface area is 247 Å². The first-order chi connectivity index (χ1) is 19.1. The topological polar surface area (TPSA) is 0 Å². The molecule has 4 aromatic carbocycles. The Morgan fingerprint density at radius 2 is 1.02 bits per heavy atom. The van der Waals surface area contributed by atoms with E-state index in [0.29, 0.717) is 0 Å². The lowest BCUT2D eigenvalue weighted by Gasteiger charge is -2.30. The van der Waals surface area contributed by atoms with E-state index in [1.165, 1.54) is 49.4 Å². The second-order valence-electron chi connectivity index (χ2n) is 10.9. The molecule has 0 amide bonds. The molecule has 0 nitrogen and oxygen atoms in total. The number of fused-ring (bicyclic) bond motifs is 2. The highest BCUT2D eigenvalue weighted by atomic mass is 14.3. The maximum absolute atomic E-state index is 2.37. The molecule has 0 heteroatoms. The largest absolute Gasteiger partial charge is 0.0837 e. The van der Waals surface area contributed by atoms with Gasteiger partial charge in [0.2, 0.25) is 0 Å². The Morgan fingerprint density at radius 1 is 0.600 bits per heavy atom. The molecule has 4 aromatic rings. The van der Waals surface area contributed by atoms with Crippen molar-refractivity contribution < 1.29 is 0 Å². The van der Waals surface area contributed by atoms with Crippen LogP contribution in [0.2, 0.25) is 0 Å². The Bertz CT molecular complexity index is 1390. The second-order valence-corrected chi connectivity index (χ2v) is 10.9. The third-order valence-corrected chi connectivity index (χ3v) is 7.67. The van der Waals surface area contributed by atoms with Gasteiger partial charge < -0.3 is 0 Å². The van der Waals surface area contributed by atoms with E-state index in [1.807, 2.05) is 41.5 Å². The van der Waals surface area contributed by atoms with Gasteiger partial charge in [0, 0.05) is 5.41 Å². The molecule has 0 saturated carbocycles. The van der Waals surface area contributed by atoms with Gasteiger partial charge in [-0.05, 0) is 76.4 Å². The van der Waals surface area contributed by atoms with Crippen molar-refractivity contribution in [2.24, 2.45) is 0 Å². The summed E-state index contributed by atoms with van der Waals surface area (Å²) >= 11 is 0. The van der Waals surface area contributed by atoms with Crippen LogP contribution in [0.3, 0.4) is 0 Å². The van der Waals surface area contributed by atoms with Crippen molar-refractivity contribution in [3.8, 4) is 0 Å². The summed E-state index contributed by atoms with van der Waals surface area (Å²) in [6, 6.07) is 26.5. The number of benzene rings is 4. The van der Waals surface area contributed by atoms with Crippen LogP contribution in [0.15, 0.2) is 96.6 Å². The first kappa shape index (κ1) is 34.9. The molecule has 216 valence electrons. The molecule has 0 aliphatic carbocycles. The molecule has 0 saturated heterocycles. The zero-order chi connectivity index (χ0) is 30.5. The Morgan fingerprint density at radius 3 is 1.52 bits per heavy atom. The molecule has 40 heavy (non-hydrogen) atoms. The van der Waals surface area contributed by atoms with Crippen LogP contribution in [0, 0.1) is 13.8 Å². The van der Waals surface area contributed by atoms with E-state index < -0.39 is 0 Å². The van der Waals surface area contributed by atoms with Gasteiger partial charge in [0.25, 0.3) is 0 Å². The van der Waals surface area contributed by atoms with E-state index in [1.54, 1.807) is 0 Å². The fraction of sp³-hybridized carbons (Fsp3) is 0.400. The Hall–Kier alpha value is -3.12. The molecule has 0 radical (unpaired) electrons. The van der Waals surface area contributed by atoms with Crippen LogP contribution in [-0.4, -0.2) is 0 Å². The summed E-state index contributed by atoms with van der Waals surface area (Å²) in [5.74, 6) is 0. The minimum absolute atomic E-state index is 0.0446. The van der Waals surface area contributed by atoms with Gasteiger partial charge >= 0.3 is 0 Å². The second kappa shape index (κ2) is 16.2. The lowest BCUT2D eigenvalue weighted by Crippen LogP contribution is -2.20. The van der Waals surface area contributed by atoms with Crippen LogP contribution in [0.25, 0.3) is 21.5 Å². The van der Waals surface area contributed by atoms with Crippen molar-refractivity contribution in [1.29, 1.82) is 0 Å². The number of allylic oxidation sites excluding steroid dienone is 4. The summed E-state index contributed by atoms with van der Waals surface area (Å²) in [5.41, 5.74) is 7.01. The van der Waals surface area contributed by atoms with Gasteiger partial charge in [-0.2, -0.15) is 0 Å². The van der Waals surface area contributed by atoms with Gasteiger partial charge in [0.1, 0.15) is 0 Å². The lowest BCUT2D eigenvalue weighted by molar-refractivity contribution is 0.535. The van der Waals surface area contributed by atoms with Crippen molar-refractivity contribution in [3.63, 3.8) is 0 Å². The maximum atomic E-state index is 2.37. The van der Waals surface area contributed by atoms with Gasteiger partial charge in [-0.3, -0.25) is 0 Å². The minimum atomic E-state index is -0.0446. The smallest absolute Gasteiger partial charge is 0.0114 e. The highest BCUT2D eigenvalue weighted by Gasteiger charge is 2.26. The summed E-state index contributed by atoms with van der Waals surface area (Å²) < 4.78 is 0. The standard InChI is InChI=1S/C34H38.3C2H6/c1-24-19-21-27-15-8-10-17-29(27)31(24)33(4,5)23-13-12-14-26(3)34(6,7)32-25(2)20-22-28-16-9-11-18-30(28)32;3*1-2/h8-22H,23H2,1-7H3;3*1-2H3/b13-12+,26-14-;;;. The molecule has 0 atom stereocenters. The zero-order valence-electron chi connectivity index (χ0n) is 27.9. The molecular formula is C40H56. The molecule has 0 fully saturated rings. The third kappa shape index (κ3) is 7.97. The maximum Gasteiger partial charge on any atom is 0.0114 e. The van der Waals surface area contributed by atoms with Gasteiger partial charge in [-0.15, -0.1) is 0 Å². The zero-order valence-corrected chi connectivity index (χ0v) is 27.9. The molecule has 0 bridgehead atoms. The molecule has 0 heterocycles. The molecule has 0 aromatic heterocycles. The first-order valence-corrected chi connectivity index (χ1v) is 15.4. The van der Waals surface area contributed by atoms with Gasteiger partial charge in [0.15, 0.2) is 0 Å². The fourth-order valence-corrected chi connectivity index (χ4v) is 5.57. The van der Waals surface area contributed by atoms with Gasteiger partial charge in [-0.1, -0.05) is 166 Å². The molecular weight excluding hydrogens is 480 g/mol. The third-order valence-electron chi connectivity index (χ3n) is 7.67. The van der Waals surface area contributed by atoms with E-state index in [4.69, 9.17) is 0 Å². The van der Waals surface area contributed by atoms with E-state index in [9.17, 15) is 0 Å². The molecule has 0 aliphatic heterocycles. The highest BCUT2D eigenvalue weighted by molar-refractivity contribution is 5.89. The first-order valence-electron chi connectivity index (χ1n) is 15.4. The summed E-state index contributed by atoms with van der Waals surface area (Å²) in [4.78, 5) is 0. The van der Waals surface area contributed by atoms with Crippen molar-refractivity contribution >= 4 is 21.5 Å². The summed E-state index contributed by atoms with van der Waals surface area (Å²) in [7, 11) is 0. The number of rotatable bonds is 6. The number of aryl methyl sites for hydroxylation is 2.